The Morgan fingerprint density at radius 2 is 2.47 bits per heavy atom. The van der Waals surface area contributed by atoms with Crippen LogP contribution in [-0.2, 0) is 12.0 Å². The van der Waals surface area contributed by atoms with Gasteiger partial charge in [-0.25, -0.2) is 0 Å². The predicted octanol–water partition coefficient (Wildman–Crippen LogP) is -0.881. The molecule has 1 aliphatic heterocycles. The molecular formula is C8H12N3O4+. The number of aromatic nitrogens is 2. The van der Waals surface area contributed by atoms with Crippen molar-refractivity contribution in [2.45, 2.75) is 30.9 Å². The van der Waals surface area contributed by atoms with E-state index in [9.17, 15) is 15.2 Å². The molecule has 2 atom stereocenters. The predicted molar refractivity (Wildman–Crippen MR) is 45.5 cm³/mol. The van der Waals surface area contributed by atoms with Crippen molar-refractivity contribution >= 4 is 0 Å². The largest absolute Gasteiger partial charge is 0.380 e. The van der Waals surface area contributed by atoms with Crippen LogP contribution in [0.25, 0.3) is 0 Å². The topological polar surface area (TPSA) is 95.6 Å². The third-order valence-electron chi connectivity index (χ3n) is 3.37. The van der Waals surface area contributed by atoms with Crippen molar-refractivity contribution in [2.75, 3.05) is 6.54 Å². The summed E-state index contributed by atoms with van der Waals surface area (Å²) in [7, 11) is 0. The van der Waals surface area contributed by atoms with Gasteiger partial charge in [-0.1, -0.05) is 5.10 Å². The zero-order valence-electron chi connectivity index (χ0n) is 8.01. The van der Waals surface area contributed by atoms with E-state index in [4.69, 9.17) is 4.52 Å². The van der Waals surface area contributed by atoms with Crippen LogP contribution in [0.5, 0.6) is 0 Å². The minimum absolute atomic E-state index is 0.241. The quantitative estimate of drug-likeness (QED) is 0.521. The Kier molecular flexibility index (Phi) is 1.63. The van der Waals surface area contributed by atoms with Gasteiger partial charge in [0.15, 0.2) is 5.60 Å². The van der Waals surface area contributed by atoms with Crippen molar-refractivity contribution in [2.24, 2.45) is 0 Å². The van der Waals surface area contributed by atoms with Crippen LogP contribution in [0, 0.1) is 4.91 Å². The fourth-order valence-corrected chi connectivity index (χ4v) is 2.62. The number of hydrogen-bond acceptors (Lipinski definition) is 5. The highest BCUT2D eigenvalue weighted by Crippen LogP contribution is 2.43. The van der Waals surface area contributed by atoms with E-state index in [0.717, 1.165) is 5.06 Å². The molecule has 0 unspecified atom stereocenters. The van der Waals surface area contributed by atoms with Crippen LogP contribution in [0.3, 0.4) is 0 Å². The number of nitrogens with one attached hydrogen (secondary N) is 1. The monoisotopic (exact) mass is 214 g/mol. The fraction of sp³-hybridized carbons (Fsp3) is 0.750. The van der Waals surface area contributed by atoms with Gasteiger partial charge in [-0.05, 0) is 12.8 Å². The molecule has 15 heavy (non-hydrogen) atoms. The Bertz CT molecular complexity index is 453. The number of hydrogen-bond donors (Lipinski definition) is 3. The molecule has 1 aromatic rings. The second kappa shape index (κ2) is 2.69. The first-order valence-electron chi connectivity index (χ1n) is 4.94. The second-order valence-corrected chi connectivity index (χ2v) is 4.16. The van der Waals surface area contributed by atoms with Crippen LogP contribution in [0.2, 0.25) is 0 Å². The van der Waals surface area contributed by atoms with Crippen LogP contribution < -0.4 is 4.71 Å². The van der Waals surface area contributed by atoms with E-state index in [2.05, 4.69) is 5.10 Å². The Labute approximate surface area is 84.4 Å². The normalized spacial score (nSPS) is 35.2. The first kappa shape index (κ1) is 9.08. The molecule has 0 amide bonds. The molecule has 0 radical (unpaired) electrons. The van der Waals surface area contributed by atoms with Crippen LogP contribution in [0.15, 0.2) is 4.52 Å². The van der Waals surface area contributed by atoms with Crippen molar-refractivity contribution < 1.29 is 19.6 Å². The van der Waals surface area contributed by atoms with Gasteiger partial charge in [-0.2, -0.15) is 9.59 Å². The highest BCUT2D eigenvalue weighted by atomic mass is 16.6. The van der Waals surface area contributed by atoms with Gasteiger partial charge >= 0.3 is 4.71 Å². The number of fused-ring (bicyclic) bond motifs is 3. The molecule has 1 aliphatic carbocycles. The van der Waals surface area contributed by atoms with Gasteiger partial charge in [0.1, 0.15) is 10.6 Å². The van der Waals surface area contributed by atoms with Gasteiger partial charge in [0.25, 0.3) is 0 Å². The zero-order chi connectivity index (χ0) is 10.6. The van der Waals surface area contributed by atoms with Crippen LogP contribution in [-0.4, -0.2) is 33.1 Å². The fourth-order valence-electron chi connectivity index (χ4n) is 2.62. The molecule has 0 bridgehead atoms. The Hall–Kier alpha value is -1.18. The maximum atomic E-state index is 11.0. The first-order valence-corrected chi connectivity index (χ1v) is 4.94. The summed E-state index contributed by atoms with van der Waals surface area (Å²) in [5, 5.41) is 23.5. The lowest BCUT2D eigenvalue weighted by Gasteiger charge is -2.31. The van der Waals surface area contributed by atoms with Gasteiger partial charge < -0.3 is 10.3 Å². The van der Waals surface area contributed by atoms with Gasteiger partial charge in [0.05, 0.1) is 6.04 Å². The van der Waals surface area contributed by atoms with E-state index in [1.807, 2.05) is 0 Å². The lowest BCUT2D eigenvalue weighted by Crippen LogP contribution is -2.44. The summed E-state index contributed by atoms with van der Waals surface area (Å²) in [5.41, 5.74) is -0.604. The van der Waals surface area contributed by atoms with E-state index in [-0.39, 0.29) is 16.5 Å². The Balaban J connectivity index is 2.15. The molecule has 82 valence electrons. The third-order valence-corrected chi connectivity index (χ3v) is 3.37. The number of hydroxylamine groups is 2. The maximum Gasteiger partial charge on any atom is 0.367 e. The molecule has 3 N–H and O–H groups in total. The average Bonchev–Trinajstić information content (AvgIpc) is 2.69. The lowest BCUT2D eigenvalue weighted by molar-refractivity contribution is -0.754. The van der Waals surface area contributed by atoms with Crippen molar-refractivity contribution in [3.63, 3.8) is 0 Å². The van der Waals surface area contributed by atoms with Crippen molar-refractivity contribution in [1.82, 2.24) is 10.2 Å². The van der Waals surface area contributed by atoms with Gasteiger partial charge in [0, 0.05) is 13.0 Å². The second-order valence-electron chi connectivity index (χ2n) is 4.16. The SMILES string of the molecule is O=[n+]1[nH]c2c(o1)[C@@]1(O)CCN(O)[C@@H]1CC2. The molecule has 0 saturated carbocycles. The summed E-state index contributed by atoms with van der Waals surface area (Å²) in [6.07, 6.45) is 1.58. The van der Waals surface area contributed by atoms with E-state index < -0.39 is 5.60 Å². The summed E-state index contributed by atoms with van der Waals surface area (Å²) in [6, 6.07) is -0.371. The van der Waals surface area contributed by atoms with Gasteiger partial charge in [-0.15, -0.1) is 0 Å². The molecule has 2 aliphatic rings. The Morgan fingerprint density at radius 1 is 1.67 bits per heavy atom. The highest BCUT2D eigenvalue weighted by molar-refractivity contribution is 5.23. The number of H-pyrrole nitrogens is 1. The first-order chi connectivity index (χ1) is 7.11. The molecule has 7 nitrogen and oxygen atoms in total. The number of aromatic amines is 1. The minimum atomic E-state index is -1.23. The summed E-state index contributed by atoms with van der Waals surface area (Å²) < 4.78 is 5.13. The lowest BCUT2D eigenvalue weighted by atomic mass is 9.82. The molecular weight excluding hydrogens is 202 g/mol. The zero-order valence-corrected chi connectivity index (χ0v) is 8.01. The molecule has 3 rings (SSSR count). The maximum absolute atomic E-state index is 11.0. The molecule has 7 heteroatoms. The van der Waals surface area contributed by atoms with E-state index in [1.54, 1.807) is 0 Å². The van der Waals surface area contributed by atoms with Crippen molar-refractivity contribution in [3.8, 4) is 0 Å². The highest BCUT2D eigenvalue weighted by Gasteiger charge is 2.55. The van der Waals surface area contributed by atoms with Crippen LogP contribution in [0.4, 0.5) is 0 Å². The molecule has 1 aromatic heterocycles. The van der Waals surface area contributed by atoms with Gasteiger partial charge in [0.2, 0.25) is 5.76 Å². The number of rotatable bonds is 0. The van der Waals surface area contributed by atoms with Gasteiger partial charge in [-0.3, -0.25) is 0 Å². The summed E-state index contributed by atoms with van der Waals surface area (Å²) in [6.45, 7) is 0.389. The van der Waals surface area contributed by atoms with Crippen molar-refractivity contribution in [1.29, 1.82) is 0 Å². The number of nitrogens with zero attached hydrogens (tertiary/aromatic N) is 2. The van der Waals surface area contributed by atoms with Crippen LogP contribution >= 0.6 is 0 Å². The van der Waals surface area contributed by atoms with E-state index in [0.29, 0.717) is 31.5 Å². The molecule has 1 fully saturated rings. The smallest absolute Gasteiger partial charge is 0.367 e. The van der Waals surface area contributed by atoms with E-state index in [1.165, 1.54) is 0 Å². The number of aliphatic hydroxyl groups is 1. The molecule has 2 heterocycles. The van der Waals surface area contributed by atoms with Crippen LogP contribution in [0.1, 0.15) is 24.3 Å². The minimum Gasteiger partial charge on any atom is -0.380 e. The molecule has 1 saturated heterocycles. The standard InChI is InChI=1S/C8H12N3O4/c12-8-3-4-10(13)6(8)2-1-5-7(8)15-11(14)9-5/h6,12-13H,1-4H2,(H,9,14)/q+1/t6-,8-/m1/s1. The Morgan fingerprint density at radius 3 is 3.27 bits per heavy atom. The molecule has 0 spiro atoms. The van der Waals surface area contributed by atoms with E-state index >= 15 is 0 Å². The number of aryl methyl sites for hydroxylation is 1. The average molecular weight is 214 g/mol. The summed E-state index contributed by atoms with van der Waals surface area (Å²) >= 11 is 0. The van der Waals surface area contributed by atoms with Crippen molar-refractivity contribution in [3.05, 3.63) is 16.4 Å². The molecule has 0 aromatic carbocycles. The summed E-state index contributed by atoms with van der Waals surface area (Å²) in [5.74, 6) is 0.269. The third kappa shape index (κ3) is 1.05. The summed E-state index contributed by atoms with van der Waals surface area (Å²) in [4.78, 5) is 11.0.